The van der Waals surface area contributed by atoms with E-state index in [1.807, 2.05) is 6.92 Å². The van der Waals surface area contributed by atoms with Gasteiger partial charge in [0.05, 0.1) is 0 Å². The Morgan fingerprint density at radius 3 is 2.59 bits per heavy atom. The number of H-pyrrole nitrogens is 1. The summed E-state index contributed by atoms with van der Waals surface area (Å²) in [7, 11) is -3.95. The second-order valence-electron chi connectivity index (χ2n) is 7.32. The van der Waals surface area contributed by atoms with Crippen LogP contribution in [0.2, 0.25) is 0 Å². The largest absolute Gasteiger partial charge is 0.434 e. The van der Waals surface area contributed by atoms with Gasteiger partial charge in [-0.3, -0.25) is 0 Å². The van der Waals surface area contributed by atoms with Gasteiger partial charge in [-0.2, -0.15) is 17.4 Å². The molecule has 2 aromatic rings. The number of rotatable bonds is 6. The smallest absolute Gasteiger partial charge is 0.391 e. The highest BCUT2D eigenvalue weighted by atomic mass is 35.5. The highest BCUT2D eigenvalue weighted by Crippen LogP contribution is 2.35. The first-order valence-corrected chi connectivity index (χ1v) is 11.2. The Labute approximate surface area is 173 Å². The fourth-order valence-electron chi connectivity index (χ4n) is 3.57. The molecule has 3 rings (SSSR count). The molecule has 0 aliphatic carbocycles. The van der Waals surface area contributed by atoms with Crippen molar-refractivity contribution in [1.29, 1.82) is 0 Å². The number of alkyl halides is 1. The van der Waals surface area contributed by atoms with Crippen LogP contribution in [0.15, 0.2) is 21.3 Å². The lowest BCUT2D eigenvalue weighted by Crippen LogP contribution is -2.47. The van der Waals surface area contributed by atoms with Gasteiger partial charge in [0.15, 0.2) is 0 Å². The number of nitrogens with one attached hydrogen (secondary N) is 2. The van der Waals surface area contributed by atoms with Gasteiger partial charge in [0.1, 0.15) is 11.9 Å². The molecule has 160 valence electrons. The van der Waals surface area contributed by atoms with Crippen molar-refractivity contribution < 1.29 is 17.2 Å². The van der Waals surface area contributed by atoms with Crippen LogP contribution >= 0.6 is 11.6 Å². The normalized spacial score (nSPS) is 18.7. The van der Waals surface area contributed by atoms with Gasteiger partial charge in [-0.25, -0.2) is 14.3 Å². The number of aryl methyl sites for hydroxylation is 1. The van der Waals surface area contributed by atoms with Crippen LogP contribution in [0.3, 0.4) is 0 Å². The fourth-order valence-corrected chi connectivity index (χ4v) is 5.23. The molecule has 2 N–H and O–H groups in total. The van der Waals surface area contributed by atoms with Crippen molar-refractivity contribution in [2.24, 2.45) is 0 Å². The summed E-state index contributed by atoms with van der Waals surface area (Å²) in [5, 5.41) is 5.86. The lowest BCUT2D eigenvalue weighted by atomic mass is 9.88. The van der Waals surface area contributed by atoms with E-state index in [4.69, 9.17) is 16.0 Å². The van der Waals surface area contributed by atoms with E-state index in [0.717, 1.165) is 5.56 Å². The van der Waals surface area contributed by atoms with Crippen LogP contribution < -0.4 is 10.5 Å². The summed E-state index contributed by atoms with van der Waals surface area (Å²) in [6, 6.07) is 1.92. The van der Waals surface area contributed by atoms with E-state index < -0.39 is 33.7 Å². The topological polar surface area (TPSA) is 108 Å². The minimum atomic E-state index is -3.95. The predicted octanol–water partition coefficient (Wildman–Crippen LogP) is 2.50. The third-order valence-electron chi connectivity index (χ3n) is 5.41. The molecule has 1 fully saturated rings. The number of aromatic nitrogens is 2. The second kappa shape index (κ2) is 8.55. The molecule has 0 unspecified atom stereocenters. The maximum absolute atomic E-state index is 14.7. The third-order valence-corrected chi connectivity index (χ3v) is 7.44. The Bertz CT molecular complexity index is 1030. The zero-order valence-corrected chi connectivity index (χ0v) is 18.0. The lowest BCUT2D eigenvalue weighted by Gasteiger charge is -2.31. The summed E-state index contributed by atoms with van der Waals surface area (Å²) in [4.78, 5) is 11.5. The van der Waals surface area contributed by atoms with Gasteiger partial charge in [-0.05, 0) is 49.4 Å². The van der Waals surface area contributed by atoms with Crippen LogP contribution in [0.4, 0.5) is 4.39 Å². The van der Waals surface area contributed by atoms with Crippen LogP contribution in [0.25, 0.3) is 0 Å². The lowest BCUT2D eigenvalue weighted by molar-refractivity contribution is 0.327. The molecule has 2 atom stereocenters. The van der Waals surface area contributed by atoms with Crippen molar-refractivity contribution in [2.75, 3.05) is 13.1 Å². The highest BCUT2D eigenvalue weighted by molar-refractivity contribution is 7.87. The SMILES string of the molecule is Cc1ccc(F)c([C@@H](C)[C@H](NS(=O)(=O)N2CCC(Cl)CC2)c2n[nH]c(=O)o2)c1C. The predicted molar refractivity (Wildman–Crippen MR) is 107 cm³/mol. The number of benzene rings is 1. The number of piperidine rings is 1. The Morgan fingerprint density at radius 2 is 2.00 bits per heavy atom. The molecule has 1 aromatic carbocycles. The molecule has 29 heavy (non-hydrogen) atoms. The molecular formula is C18H24ClFN4O4S. The van der Waals surface area contributed by atoms with Crippen molar-refractivity contribution in [3.63, 3.8) is 0 Å². The Balaban J connectivity index is 1.98. The number of halogens is 2. The van der Waals surface area contributed by atoms with Gasteiger partial charge in [0, 0.05) is 24.4 Å². The summed E-state index contributed by atoms with van der Waals surface area (Å²) in [5.41, 5.74) is 1.90. The average Bonchev–Trinajstić information content (AvgIpc) is 3.09. The zero-order valence-electron chi connectivity index (χ0n) is 16.4. The zero-order chi connectivity index (χ0) is 21.3. The fraction of sp³-hybridized carbons (Fsp3) is 0.556. The monoisotopic (exact) mass is 446 g/mol. The van der Waals surface area contributed by atoms with Crippen LogP contribution in [-0.2, 0) is 10.2 Å². The van der Waals surface area contributed by atoms with Crippen LogP contribution in [0.5, 0.6) is 0 Å². The maximum atomic E-state index is 14.7. The van der Waals surface area contributed by atoms with Crippen molar-refractivity contribution in [2.45, 2.75) is 50.9 Å². The van der Waals surface area contributed by atoms with Crippen LogP contribution in [0.1, 0.15) is 54.3 Å². The molecule has 1 saturated heterocycles. The van der Waals surface area contributed by atoms with Gasteiger partial charge in [0.25, 0.3) is 10.2 Å². The van der Waals surface area contributed by atoms with E-state index in [9.17, 15) is 17.6 Å². The number of aromatic amines is 1. The molecule has 1 aliphatic heterocycles. The van der Waals surface area contributed by atoms with Gasteiger partial charge < -0.3 is 4.42 Å². The Kier molecular flexibility index (Phi) is 6.47. The van der Waals surface area contributed by atoms with Gasteiger partial charge in [-0.15, -0.1) is 16.7 Å². The summed E-state index contributed by atoms with van der Waals surface area (Å²) < 4.78 is 49.5. The van der Waals surface area contributed by atoms with E-state index in [0.29, 0.717) is 24.0 Å². The molecule has 0 radical (unpaired) electrons. The molecule has 2 heterocycles. The van der Waals surface area contributed by atoms with E-state index in [-0.39, 0.29) is 24.4 Å². The van der Waals surface area contributed by atoms with Gasteiger partial charge in [0.2, 0.25) is 5.89 Å². The minimum absolute atomic E-state index is 0.0652. The molecule has 1 aliphatic rings. The average molecular weight is 447 g/mol. The molecule has 11 heteroatoms. The second-order valence-corrected chi connectivity index (χ2v) is 9.64. The summed E-state index contributed by atoms with van der Waals surface area (Å²) in [5.74, 6) is -2.13. The Morgan fingerprint density at radius 1 is 1.34 bits per heavy atom. The van der Waals surface area contributed by atoms with E-state index in [2.05, 4.69) is 14.9 Å². The van der Waals surface area contributed by atoms with Crippen molar-refractivity contribution in [3.05, 3.63) is 51.1 Å². The van der Waals surface area contributed by atoms with E-state index in [1.165, 1.54) is 10.4 Å². The molecule has 0 saturated carbocycles. The minimum Gasteiger partial charge on any atom is -0.391 e. The quantitative estimate of drug-likeness (QED) is 0.663. The Hall–Kier alpha value is -1.75. The number of hydrogen-bond donors (Lipinski definition) is 2. The molecule has 8 nitrogen and oxygen atoms in total. The van der Waals surface area contributed by atoms with Gasteiger partial charge in [-0.1, -0.05) is 13.0 Å². The molecule has 1 aromatic heterocycles. The van der Waals surface area contributed by atoms with Gasteiger partial charge >= 0.3 is 5.76 Å². The molecule has 0 spiro atoms. The van der Waals surface area contributed by atoms with Crippen LogP contribution in [-0.4, -0.2) is 41.4 Å². The molecule has 0 bridgehead atoms. The first kappa shape index (κ1) is 21.9. The van der Waals surface area contributed by atoms with E-state index in [1.54, 1.807) is 19.9 Å². The summed E-state index contributed by atoms with van der Waals surface area (Å²) in [6.45, 7) is 5.81. The maximum Gasteiger partial charge on any atom is 0.434 e. The van der Waals surface area contributed by atoms with Crippen LogP contribution in [0, 0.1) is 19.7 Å². The van der Waals surface area contributed by atoms with Crippen molar-refractivity contribution in [1.82, 2.24) is 19.2 Å². The molecular weight excluding hydrogens is 423 g/mol. The number of hydrogen-bond acceptors (Lipinski definition) is 5. The first-order chi connectivity index (χ1) is 13.6. The third kappa shape index (κ3) is 4.71. The molecule has 0 amide bonds. The van der Waals surface area contributed by atoms with Crippen molar-refractivity contribution >= 4 is 21.8 Å². The van der Waals surface area contributed by atoms with Crippen molar-refractivity contribution in [3.8, 4) is 0 Å². The number of nitrogens with zero attached hydrogens (tertiary/aromatic N) is 2. The standard InChI is InChI=1S/C18H24ClFN4O4S/c1-10-4-5-14(20)15(11(10)2)12(3)16(17-21-22-18(25)28-17)23-29(26,27)24-8-6-13(19)7-9-24/h4-5,12-13,16,23H,6-9H2,1-3H3,(H,22,25)/t12-,16+/m1/s1. The summed E-state index contributed by atoms with van der Waals surface area (Å²) >= 11 is 6.07. The van der Waals surface area contributed by atoms with E-state index >= 15 is 0 Å². The highest BCUT2D eigenvalue weighted by Gasteiger charge is 2.36. The summed E-state index contributed by atoms with van der Waals surface area (Å²) in [6.07, 6.45) is 1.07. The first-order valence-electron chi connectivity index (χ1n) is 9.32.